The molecule has 4 aromatic rings. The molecule has 0 atom stereocenters. The van der Waals surface area contributed by atoms with Crippen molar-refractivity contribution in [1.29, 1.82) is 5.41 Å². The number of halogens is 2. The van der Waals surface area contributed by atoms with Crippen molar-refractivity contribution in [1.82, 2.24) is 20.2 Å². The molecule has 3 N–H and O–H groups in total. The summed E-state index contributed by atoms with van der Waals surface area (Å²) in [7, 11) is 0. The monoisotopic (exact) mass is 521 g/mol. The van der Waals surface area contributed by atoms with Gasteiger partial charge in [-0.15, -0.1) is 0 Å². The van der Waals surface area contributed by atoms with Crippen LogP contribution in [0.3, 0.4) is 0 Å². The van der Waals surface area contributed by atoms with E-state index in [0.29, 0.717) is 38.3 Å². The minimum absolute atomic E-state index is 0.242. The second-order valence-electron chi connectivity index (χ2n) is 9.57. The van der Waals surface area contributed by atoms with Crippen molar-refractivity contribution < 1.29 is 4.74 Å². The Morgan fingerprint density at radius 2 is 2.03 bits per heavy atom. The zero-order valence-electron chi connectivity index (χ0n) is 19.7. The van der Waals surface area contributed by atoms with Crippen molar-refractivity contribution >= 4 is 51.7 Å². The maximum absolute atomic E-state index is 8.79. The third-order valence-corrected chi connectivity index (χ3v) is 8.04. The van der Waals surface area contributed by atoms with E-state index in [0.717, 1.165) is 56.2 Å². The van der Waals surface area contributed by atoms with Crippen molar-refractivity contribution in [2.24, 2.45) is 5.41 Å². The number of hydrogen-bond acceptors (Lipinski definition) is 6. The number of amidine groups is 1. The Morgan fingerprint density at radius 3 is 2.86 bits per heavy atom. The van der Waals surface area contributed by atoms with E-state index in [4.69, 9.17) is 38.3 Å². The Kier molecular flexibility index (Phi) is 5.73. The molecule has 0 radical (unpaired) electrons. The molecule has 1 fully saturated rings. The number of aromatic nitrogens is 4. The first-order chi connectivity index (χ1) is 17.4. The molecule has 184 valence electrons. The lowest BCUT2D eigenvalue weighted by Crippen LogP contribution is -2.45. The van der Waals surface area contributed by atoms with Crippen LogP contribution in [0.15, 0.2) is 42.6 Å². The summed E-state index contributed by atoms with van der Waals surface area (Å²) >= 11 is 12.6. The molecule has 36 heavy (non-hydrogen) atoms. The van der Waals surface area contributed by atoms with E-state index in [9.17, 15) is 0 Å². The summed E-state index contributed by atoms with van der Waals surface area (Å²) < 4.78 is 5.59. The molecule has 0 unspecified atom stereocenters. The molecule has 0 bridgehead atoms. The van der Waals surface area contributed by atoms with Crippen LogP contribution < -0.4 is 15.0 Å². The highest BCUT2D eigenvalue weighted by molar-refractivity contribution is 6.43. The molecular weight excluding hydrogens is 497 g/mol. The van der Waals surface area contributed by atoms with Gasteiger partial charge in [-0.2, -0.15) is 5.10 Å². The molecule has 2 aromatic heterocycles. The minimum Gasteiger partial charge on any atom is -0.493 e. The third-order valence-electron chi connectivity index (χ3n) is 7.22. The van der Waals surface area contributed by atoms with Crippen LogP contribution in [-0.2, 0) is 6.42 Å². The van der Waals surface area contributed by atoms with Gasteiger partial charge in [0, 0.05) is 36.2 Å². The number of anilines is 2. The first-order valence-electron chi connectivity index (χ1n) is 11.9. The van der Waals surface area contributed by atoms with Crippen molar-refractivity contribution in [3.05, 3.63) is 58.2 Å². The normalized spacial score (nSPS) is 16.6. The molecule has 0 aliphatic carbocycles. The Hall–Kier alpha value is -3.36. The molecule has 4 heterocycles. The SMILES string of the molecule is CC1(C(=N)Nc2ccc3c(c2)CCO3)CCN(c2cnc3c(-c4cccc(Cl)c4Cl)n[nH]c3n2)CC1. The van der Waals surface area contributed by atoms with E-state index in [2.05, 4.69) is 38.4 Å². The predicted octanol–water partition coefficient (Wildman–Crippen LogP) is 5.96. The van der Waals surface area contributed by atoms with Crippen LogP contribution >= 0.6 is 23.2 Å². The number of rotatable bonds is 4. The van der Waals surface area contributed by atoms with Crippen molar-refractivity contribution in [2.45, 2.75) is 26.2 Å². The summed E-state index contributed by atoms with van der Waals surface area (Å²) in [5.74, 6) is 2.28. The topological polar surface area (TPSA) is 103 Å². The number of H-pyrrole nitrogens is 1. The summed E-state index contributed by atoms with van der Waals surface area (Å²) in [5, 5.41) is 20.4. The number of ether oxygens (including phenoxy) is 1. The molecule has 2 aliphatic rings. The van der Waals surface area contributed by atoms with Gasteiger partial charge in [0.2, 0.25) is 0 Å². The van der Waals surface area contributed by atoms with E-state index in [1.807, 2.05) is 24.3 Å². The maximum Gasteiger partial charge on any atom is 0.177 e. The lowest BCUT2D eigenvalue weighted by atomic mass is 9.79. The molecule has 6 rings (SSSR count). The minimum atomic E-state index is -0.242. The van der Waals surface area contributed by atoms with Crippen molar-refractivity contribution in [3.63, 3.8) is 0 Å². The number of fused-ring (bicyclic) bond motifs is 2. The number of benzene rings is 2. The maximum atomic E-state index is 8.79. The molecule has 10 heteroatoms. The van der Waals surface area contributed by atoms with Gasteiger partial charge < -0.3 is 15.0 Å². The lowest BCUT2D eigenvalue weighted by Gasteiger charge is -2.40. The molecule has 0 spiro atoms. The van der Waals surface area contributed by atoms with Gasteiger partial charge in [-0.3, -0.25) is 10.5 Å². The first-order valence-corrected chi connectivity index (χ1v) is 12.7. The molecule has 2 aliphatic heterocycles. The number of aromatic amines is 1. The highest BCUT2D eigenvalue weighted by Crippen LogP contribution is 2.37. The number of nitrogens with zero attached hydrogens (tertiary/aromatic N) is 4. The van der Waals surface area contributed by atoms with Crippen molar-refractivity contribution in [2.75, 3.05) is 29.9 Å². The van der Waals surface area contributed by atoms with Crippen LogP contribution in [0.1, 0.15) is 25.3 Å². The number of hydrogen-bond donors (Lipinski definition) is 3. The van der Waals surface area contributed by atoms with E-state index in [1.54, 1.807) is 12.3 Å². The average Bonchev–Trinajstić information content (AvgIpc) is 3.52. The number of piperidine rings is 1. The summed E-state index contributed by atoms with van der Waals surface area (Å²) in [4.78, 5) is 11.6. The summed E-state index contributed by atoms with van der Waals surface area (Å²) in [6, 6.07) is 11.5. The number of nitrogens with one attached hydrogen (secondary N) is 3. The second-order valence-corrected chi connectivity index (χ2v) is 10.4. The quantitative estimate of drug-likeness (QED) is 0.226. The van der Waals surface area contributed by atoms with Crippen molar-refractivity contribution in [3.8, 4) is 17.0 Å². The molecular formula is C26H25Cl2N7O. The molecule has 8 nitrogen and oxygen atoms in total. The van der Waals surface area contributed by atoms with Gasteiger partial charge in [-0.05, 0) is 42.7 Å². The van der Waals surface area contributed by atoms with Crippen LogP contribution in [0.25, 0.3) is 22.4 Å². The lowest BCUT2D eigenvalue weighted by molar-refractivity contribution is 0.352. The standard InChI is InChI=1S/C26H25Cl2N7O/c1-26(25(29)31-16-5-6-19-15(13-16)7-12-36-19)8-10-35(11-9-26)20-14-30-23-22(33-34-24(23)32-20)17-3-2-4-18(27)21(17)28/h2-6,13-14H,7-12H2,1H3,(H2,29,31)(H,32,33,34). The fraction of sp³-hybridized carbons (Fsp3) is 0.308. The van der Waals surface area contributed by atoms with E-state index in [1.165, 1.54) is 5.56 Å². The van der Waals surface area contributed by atoms with Crippen LogP contribution in [0, 0.1) is 10.8 Å². The summed E-state index contributed by atoms with van der Waals surface area (Å²) in [5.41, 5.74) is 4.49. The highest BCUT2D eigenvalue weighted by Gasteiger charge is 2.35. The van der Waals surface area contributed by atoms with Gasteiger partial charge in [0.25, 0.3) is 0 Å². The first kappa shape index (κ1) is 23.1. The van der Waals surface area contributed by atoms with Crippen LogP contribution in [0.2, 0.25) is 10.0 Å². The molecule has 1 saturated heterocycles. The van der Waals surface area contributed by atoms with Gasteiger partial charge >= 0.3 is 0 Å². The Bertz CT molecular complexity index is 1480. The Labute approximate surface area is 218 Å². The molecule has 0 amide bonds. The fourth-order valence-electron chi connectivity index (χ4n) is 4.86. The smallest absolute Gasteiger partial charge is 0.177 e. The third kappa shape index (κ3) is 4.04. The van der Waals surface area contributed by atoms with Gasteiger partial charge in [0.15, 0.2) is 5.65 Å². The Morgan fingerprint density at radius 1 is 1.19 bits per heavy atom. The van der Waals surface area contributed by atoms with Gasteiger partial charge in [0.05, 0.1) is 22.8 Å². The highest BCUT2D eigenvalue weighted by atomic mass is 35.5. The van der Waals surface area contributed by atoms with E-state index in [-0.39, 0.29) is 5.41 Å². The van der Waals surface area contributed by atoms with Crippen LogP contribution in [0.4, 0.5) is 11.5 Å². The fourth-order valence-corrected chi connectivity index (χ4v) is 5.25. The van der Waals surface area contributed by atoms with E-state index >= 15 is 0 Å². The van der Waals surface area contributed by atoms with Gasteiger partial charge in [-0.1, -0.05) is 42.3 Å². The zero-order valence-corrected chi connectivity index (χ0v) is 21.2. The second kappa shape index (κ2) is 8.94. The summed E-state index contributed by atoms with van der Waals surface area (Å²) in [6.07, 6.45) is 4.36. The zero-order chi connectivity index (χ0) is 24.9. The predicted molar refractivity (Wildman–Crippen MR) is 144 cm³/mol. The largest absolute Gasteiger partial charge is 0.493 e. The van der Waals surface area contributed by atoms with Crippen LogP contribution in [0.5, 0.6) is 5.75 Å². The molecule has 0 saturated carbocycles. The van der Waals surface area contributed by atoms with Crippen LogP contribution in [-0.4, -0.2) is 45.7 Å². The Balaban J connectivity index is 1.15. The van der Waals surface area contributed by atoms with Gasteiger partial charge in [0.1, 0.15) is 28.6 Å². The van der Waals surface area contributed by atoms with Gasteiger partial charge in [-0.25, -0.2) is 9.97 Å². The average molecular weight is 522 g/mol. The van der Waals surface area contributed by atoms with E-state index < -0.39 is 0 Å². The summed E-state index contributed by atoms with van der Waals surface area (Å²) in [6.45, 7) is 4.44. The molecule has 2 aromatic carbocycles.